The summed E-state index contributed by atoms with van der Waals surface area (Å²) in [6, 6.07) is 15.6. The standard InChI is InChI=1S/C21H21N5OS/c1-15-7-8-19(9-16(15)2)26-14-23-24-21(26)28-13-20(27)25(3)12-18-6-4-5-17(10-18)11-22/h4-10,14H,12-13H2,1-3H3. The molecule has 142 valence electrons. The molecule has 1 amide bonds. The molecular weight excluding hydrogens is 370 g/mol. The molecule has 28 heavy (non-hydrogen) atoms. The molecule has 1 aromatic heterocycles. The Bertz CT molecular complexity index is 1040. The second kappa shape index (κ2) is 8.72. The van der Waals surface area contributed by atoms with Gasteiger partial charge in [-0.15, -0.1) is 10.2 Å². The molecule has 0 saturated carbocycles. The quantitative estimate of drug-likeness (QED) is 0.601. The Balaban J connectivity index is 1.64. The zero-order valence-corrected chi connectivity index (χ0v) is 16.9. The van der Waals surface area contributed by atoms with Gasteiger partial charge in [0.25, 0.3) is 0 Å². The predicted molar refractivity (Wildman–Crippen MR) is 109 cm³/mol. The van der Waals surface area contributed by atoms with Crippen molar-refractivity contribution < 1.29 is 4.79 Å². The lowest BCUT2D eigenvalue weighted by atomic mass is 10.1. The van der Waals surface area contributed by atoms with Gasteiger partial charge in [0.15, 0.2) is 5.16 Å². The molecule has 1 heterocycles. The zero-order chi connectivity index (χ0) is 20.1. The van der Waals surface area contributed by atoms with Crippen molar-refractivity contribution in [1.82, 2.24) is 19.7 Å². The maximum Gasteiger partial charge on any atom is 0.233 e. The van der Waals surface area contributed by atoms with Crippen LogP contribution in [-0.2, 0) is 11.3 Å². The third-order valence-electron chi connectivity index (χ3n) is 4.51. The highest BCUT2D eigenvalue weighted by Crippen LogP contribution is 2.21. The summed E-state index contributed by atoms with van der Waals surface area (Å²) in [6.45, 7) is 4.59. The maximum absolute atomic E-state index is 12.5. The molecule has 0 aliphatic carbocycles. The number of carbonyl (C=O) groups excluding carboxylic acids is 1. The highest BCUT2D eigenvalue weighted by Gasteiger charge is 2.14. The maximum atomic E-state index is 12.5. The van der Waals surface area contributed by atoms with Crippen LogP contribution in [-0.4, -0.2) is 38.4 Å². The first-order valence-electron chi connectivity index (χ1n) is 8.81. The van der Waals surface area contributed by atoms with Gasteiger partial charge in [-0.2, -0.15) is 5.26 Å². The number of benzene rings is 2. The minimum absolute atomic E-state index is 0.0120. The summed E-state index contributed by atoms with van der Waals surface area (Å²) in [5, 5.41) is 17.8. The number of thioether (sulfide) groups is 1. The molecule has 3 aromatic rings. The van der Waals surface area contributed by atoms with Crippen LogP contribution in [0.15, 0.2) is 53.9 Å². The summed E-state index contributed by atoms with van der Waals surface area (Å²) in [5.74, 6) is 0.250. The van der Waals surface area contributed by atoms with E-state index < -0.39 is 0 Å². The Morgan fingerprint density at radius 3 is 2.79 bits per heavy atom. The molecule has 0 aliphatic rings. The van der Waals surface area contributed by atoms with E-state index in [-0.39, 0.29) is 11.7 Å². The molecule has 0 unspecified atom stereocenters. The number of hydrogen-bond donors (Lipinski definition) is 0. The van der Waals surface area contributed by atoms with Crippen LogP contribution >= 0.6 is 11.8 Å². The van der Waals surface area contributed by atoms with Crippen molar-refractivity contribution in [2.24, 2.45) is 0 Å². The van der Waals surface area contributed by atoms with Gasteiger partial charge in [-0.3, -0.25) is 9.36 Å². The van der Waals surface area contributed by atoms with E-state index in [0.717, 1.165) is 11.3 Å². The van der Waals surface area contributed by atoms with Gasteiger partial charge in [0.2, 0.25) is 5.91 Å². The summed E-state index contributed by atoms with van der Waals surface area (Å²) in [7, 11) is 1.76. The molecule has 0 spiro atoms. The lowest BCUT2D eigenvalue weighted by Gasteiger charge is -2.17. The Labute approximate surface area is 168 Å². The molecule has 0 fully saturated rings. The molecule has 3 rings (SSSR count). The molecule has 0 radical (unpaired) electrons. The van der Waals surface area contributed by atoms with E-state index in [0.29, 0.717) is 17.3 Å². The van der Waals surface area contributed by atoms with Gasteiger partial charge < -0.3 is 4.90 Å². The number of rotatable bonds is 6. The van der Waals surface area contributed by atoms with Crippen molar-refractivity contribution in [3.05, 3.63) is 71.0 Å². The van der Waals surface area contributed by atoms with E-state index in [1.54, 1.807) is 30.4 Å². The summed E-state index contributed by atoms with van der Waals surface area (Å²) in [6.07, 6.45) is 1.66. The average Bonchev–Trinajstić information content (AvgIpc) is 3.17. The second-order valence-corrected chi connectivity index (χ2v) is 7.55. The second-order valence-electron chi connectivity index (χ2n) is 6.60. The summed E-state index contributed by atoms with van der Waals surface area (Å²) >= 11 is 1.36. The molecule has 0 atom stereocenters. The van der Waals surface area contributed by atoms with E-state index in [9.17, 15) is 4.79 Å². The first kappa shape index (κ1) is 19.6. The fraction of sp³-hybridized carbons (Fsp3) is 0.238. The normalized spacial score (nSPS) is 10.5. The highest BCUT2D eigenvalue weighted by atomic mass is 32.2. The van der Waals surface area contributed by atoms with E-state index in [1.165, 1.54) is 22.9 Å². The Morgan fingerprint density at radius 2 is 2.04 bits per heavy atom. The van der Waals surface area contributed by atoms with Gasteiger partial charge in [-0.1, -0.05) is 30.0 Å². The average molecular weight is 392 g/mol. The molecule has 0 N–H and O–H groups in total. The third-order valence-corrected chi connectivity index (χ3v) is 5.44. The number of hydrogen-bond acceptors (Lipinski definition) is 5. The van der Waals surface area contributed by atoms with Crippen molar-refractivity contribution in [3.63, 3.8) is 0 Å². The lowest BCUT2D eigenvalue weighted by Crippen LogP contribution is -2.27. The van der Waals surface area contributed by atoms with Gasteiger partial charge in [0.1, 0.15) is 6.33 Å². The first-order valence-corrected chi connectivity index (χ1v) is 9.80. The van der Waals surface area contributed by atoms with Gasteiger partial charge >= 0.3 is 0 Å². The minimum Gasteiger partial charge on any atom is -0.341 e. The molecule has 0 bridgehead atoms. The van der Waals surface area contributed by atoms with Crippen molar-refractivity contribution in [3.8, 4) is 11.8 Å². The van der Waals surface area contributed by atoms with Crippen molar-refractivity contribution >= 4 is 17.7 Å². The van der Waals surface area contributed by atoms with Gasteiger partial charge in [0.05, 0.1) is 17.4 Å². The van der Waals surface area contributed by atoms with Gasteiger partial charge in [-0.05, 0) is 54.8 Å². The lowest BCUT2D eigenvalue weighted by molar-refractivity contribution is -0.127. The van der Waals surface area contributed by atoms with Gasteiger partial charge in [0, 0.05) is 19.3 Å². The minimum atomic E-state index is -0.0120. The van der Waals surface area contributed by atoms with E-state index in [1.807, 2.05) is 22.8 Å². The summed E-state index contributed by atoms with van der Waals surface area (Å²) in [5.41, 5.74) is 4.91. The Kier molecular flexibility index (Phi) is 6.12. The van der Waals surface area contributed by atoms with Crippen molar-refractivity contribution in [1.29, 1.82) is 5.26 Å². The van der Waals surface area contributed by atoms with Crippen LogP contribution in [0, 0.1) is 25.2 Å². The van der Waals surface area contributed by atoms with Crippen LogP contribution < -0.4 is 0 Å². The van der Waals surface area contributed by atoms with Crippen LogP contribution in [0.5, 0.6) is 0 Å². The van der Waals surface area contributed by atoms with Crippen LogP contribution in [0.4, 0.5) is 0 Å². The van der Waals surface area contributed by atoms with Crippen molar-refractivity contribution in [2.75, 3.05) is 12.8 Å². The van der Waals surface area contributed by atoms with Gasteiger partial charge in [-0.25, -0.2) is 0 Å². The third kappa shape index (κ3) is 4.59. The van der Waals surface area contributed by atoms with Crippen LogP contribution in [0.25, 0.3) is 5.69 Å². The number of carbonyl (C=O) groups is 1. The predicted octanol–water partition coefficient (Wildman–Crippen LogP) is 3.51. The molecule has 2 aromatic carbocycles. The molecule has 6 nitrogen and oxygen atoms in total. The van der Waals surface area contributed by atoms with E-state index in [2.05, 4.69) is 42.2 Å². The van der Waals surface area contributed by atoms with Crippen LogP contribution in [0.3, 0.4) is 0 Å². The smallest absolute Gasteiger partial charge is 0.233 e. The van der Waals surface area contributed by atoms with E-state index in [4.69, 9.17) is 5.26 Å². The number of aryl methyl sites for hydroxylation is 2. The largest absolute Gasteiger partial charge is 0.341 e. The van der Waals surface area contributed by atoms with Crippen LogP contribution in [0.2, 0.25) is 0 Å². The fourth-order valence-electron chi connectivity index (χ4n) is 2.71. The molecular formula is C21H21N5OS. The monoisotopic (exact) mass is 391 g/mol. The summed E-state index contributed by atoms with van der Waals surface area (Å²) in [4.78, 5) is 14.2. The SMILES string of the molecule is Cc1ccc(-n2cnnc2SCC(=O)N(C)Cc2cccc(C#N)c2)cc1C. The topological polar surface area (TPSA) is 74.8 Å². The fourth-order valence-corrected chi connectivity index (χ4v) is 3.58. The highest BCUT2D eigenvalue weighted by molar-refractivity contribution is 7.99. The molecule has 0 aliphatic heterocycles. The number of aromatic nitrogens is 3. The van der Waals surface area contributed by atoms with Crippen molar-refractivity contribution in [2.45, 2.75) is 25.5 Å². The number of amides is 1. The molecule has 7 heteroatoms. The Morgan fingerprint density at radius 1 is 1.21 bits per heavy atom. The summed E-state index contributed by atoms with van der Waals surface area (Å²) < 4.78 is 1.89. The first-order chi connectivity index (χ1) is 13.5. The number of nitrogens with zero attached hydrogens (tertiary/aromatic N) is 5. The Hall–Kier alpha value is -3.11. The number of nitriles is 1. The van der Waals surface area contributed by atoms with E-state index >= 15 is 0 Å². The molecule has 0 saturated heterocycles. The zero-order valence-electron chi connectivity index (χ0n) is 16.1. The van der Waals surface area contributed by atoms with Crippen LogP contribution in [0.1, 0.15) is 22.3 Å².